The summed E-state index contributed by atoms with van der Waals surface area (Å²) in [6.07, 6.45) is 0. The van der Waals surface area contributed by atoms with Crippen LogP contribution in [0.15, 0.2) is 70.0 Å². The van der Waals surface area contributed by atoms with Gasteiger partial charge in [0.2, 0.25) is 0 Å². The van der Waals surface area contributed by atoms with Gasteiger partial charge in [-0.2, -0.15) is 0 Å². The van der Waals surface area contributed by atoms with Gasteiger partial charge in [-0.1, -0.05) is 39.7 Å². The lowest BCUT2D eigenvalue weighted by atomic mass is 10.1. The maximum Gasteiger partial charge on any atom is 0.289 e. The molecular formula is C20H15BrClN3O6S. The molecule has 166 valence electrons. The second-order valence-corrected chi connectivity index (χ2v) is 9.33. The standard InChI is InChI=1S/C20H15BrClN3O6S/c1-31-19-5-3-2-4-17(19)23-20(26)14-10-12(21)6-9-16(14)24-32(29,30)13-7-8-15(22)18(11-13)25(27)28/h2-11,24H,1H3,(H,23,26). The van der Waals surface area contributed by atoms with E-state index in [0.717, 1.165) is 18.2 Å². The maximum absolute atomic E-state index is 12.9. The molecular weight excluding hydrogens is 526 g/mol. The van der Waals surface area contributed by atoms with Gasteiger partial charge in [0, 0.05) is 10.5 Å². The number of hydrogen-bond donors (Lipinski definition) is 2. The Morgan fingerprint density at radius 1 is 1.09 bits per heavy atom. The molecule has 0 bridgehead atoms. The quantitative estimate of drug-likeness (QED) is 0.318. The summed E-state index contributed by atoms with van der Waals surface area (Å²) < 4.78 is 33.8. The SMILES string of the molecule is COc1ccccc1NC(=O)c1cc(Br)ccc1NS(=O)(=O)c1ccc(Cl)c([N+](=O)[O-])c1. The van der Waals surface area contributed by atoms with Gasteiger partial charge in [-0.05, 0) is 42.5 Å². The Morgan fingerprint density at radius 3 is 2.50 bits per heavy atom. The lowest BCUT2D eigenvalue weighted by molar-refractivity contribution is -0.384. The van der Waals surface area contributed by atoms with Gasteiger partial charge in [0.25, 0.3) is 21.6 Å². The first-order valence-corrected chi connectivity index (χ1v) is 11.5. The summed E-state index contributed by atoms with van der Waals surface area (Å²) in [5.74, 6) is -0.179. The first kappa shape index (κ1) is 23.5. The molecule has 32 heavy (non-hydrogen) atoms. The highest BCUT2D eigenvalue weighted by Crippen LogP contribution is 2.30. The Morgan fingerprint density at radius 2 is 1.81 bits per heavy atom. The Hall–Kier alpha value is -3.15. The lowest BCUT2D eigenvalue weighted by Crippen LogP contribution is -2.19. The summed E-state index contributed by atoms with van der Waals surface area (Å²) in [4.78, 5) is 22.9. The van der Waals surface area contributed by atoms with E-state index in [2.05, 4.69) is 26.0 Å². The fourth-order valence-corrected chi connectivity index (χ4v) is 4.38. The summed E-state index contributed by atoms with van der Waals surface area (Å²) >= 11 is 9.03. The first-order valence-electron chi connectivity index (χ1n) is 8.83. The Labute approximate surface area is 196 Å². The molecule has 3 aromatic rings. The Kier molecular flexibility index (Phi) is 7.02. The largest absolute Gasteiger partial charge is 0.495 e. The average molecular weight is 541 g/mol. The van der Waals surface area contributed by atoms with E-state index in [1.54, 1.807) is 30.3 Å². The molecule has 0 radical (unpaired) electrons. The number of nitro benzene ring substituents is 1. The average Bonchev–Trinajstić information content (AvgIpc) is 2.75. The molecule has 0 aliphatic heterocycles. The van der Waals surface area contributed by atoms with E-state index in [4.69, 9.17) is 16.3 Å². The second-order valence-electron chi connectivity index (χ2n) is 6.32. The molecule has 9 nitrogen and oxygen atoms in total. The molecule has 3 aromatic carbocycles. The highest BCUT2D eigenvalue weighted by molar-refractivity contribution is 9.10. The number of carbonyl (C=O) groups excluding carboxylic acids is 1. The summed E-state index contributed by atoms with van der Waals surface area (Å²) in [5.41, 5.74) is -0.183. The number of nitrogens with zero attached hydrogens (tertiary/aromatic N) is 1. The van der Waals surface area contributed by atoms with Gasteiger partial charge in [-0.15, -0.1) is 0 Å². The van der Waals surface area contributed by atoms with Crippen LogP contribution >= 0.6 is 27.5 Å². The van der Waals surface area contributed by atoms with Crippen molar-refractivity contribution in [1.29, 1.82) is 0 Å². The van der Waals surface area contributed by atoms with Crippen molar-refractivity contribution in [2.24, 2.45) is 0 Å². The third kappa shape index (κ3) is 5.18. The molecule has 0 aliphatic rings. The topological polar surface area (TPSA) is 128 Å². The van der Waals surface area contributed by atoms with Crippen molar-refractivity contribution in [3.8, 4) is 5.75 Å². The van der Waals surface area contributed by atoms with Crippen LogP contribution in [-0.2, 0) is 10.0 Å². The maximum atomic E-state index is 12.9. The number of methoxy groups -OCH3 is 1. The van der Waals surface area contributed by atoms with Crippen molar-refractivity contribution in [2.75, 3.05) is 17.1 Å². The molecule has 0 fully saturated rings. The summed E-state index contributed by atoms with van der Waals surface area (Å²) in [6.45, 7) is 0. The predicted octanol–water partition coefficient (Wildman–Crippen LogP) is 5.07. The van der Waals surface area contributed by atoms with Crippen LogP contribution < -0.4 is 14.8 Å². The molecule has 0 atom stereocenters. The summed E-state index contributed by atoms with van der Waals surface area (Å²) in [6, 6.07) is 14.2. The van der Waals surface area contributed by atoms with Crippen molar-refractivity contribution in [3.05, 3.63) is 85.8 Å². The number of nitro groups is 1. The van der Waals surface area contributed by atoms with E-state index in [1.807, 2.05) is 0 Å². The van der Waals surface area contributed by atoms with Crippen molar-refractivity contribution in [3.63, 3.8) is 0 Å². The zero-order valence-corrected chi connectivity index (χ0v) is 19.5. The van der Waals surface area contributed by atoms with Gasteiger partial charge in [-0.25, -0.2) is 8.42 Å². The molecule has 0 aliphatic carbocycles. The molecule has 0 spiro atoms. The monoisotopic (exact) mass is 539 g/mol. The lowest BCUT2D eigenvalue weighted by Gasteiger charge is -2.14. The molecule has 0 saturated heterocycles. The molecule has 0 saturated carbocycles. The smallest absolute Gasteiger partial charge is 0.289 e. The van der Waals surface area contributed by atoms with Crippen molar-refractivity contribution in [1.82, 2.24) is 0 Å². The number of ether oxygens (including phenoxy) is 1. The third-order valence-corrected chi connectivity index (χ3v) is 6.43. The minimum Gasteiger partial charge on any atom is -0.495 e. The van der Waals surface area contributed by atoms with E-state index in [-0.39, 0.29) is 21.2 Å². The minimum atomic E-state index is -4.27. The Balaban J connectivity index is 1.97. The first-order chi connectivity index (χ1) is 15.1. The fourth-order valence-electron chi connectivity index (χ4n) is 2.73. The summed E-state index contributed by atoms with van der Waals surface area (Å²) in [7, 11) is -2.82. The van der Waals surface area contributed by atoms with Gasteiger partial charge in [0.05, 0.1) is 33.9 Å². The number of anilines is 2. The van der Waals surface area contributed by atoms with E-state index in [9.17, 15) is 23.3 Å². The molecule has 0 unspecified atom stereocenters. The number of halogens is 2. The van der Waals surface area contributed by atoms with Crippen LogP contribution in [0.25, 0.3) is 0 Å². The zero-order chi connectivity index (χ0) is 23.5. The number of carbonyl (C=O) groups is 1. The van der Waals surface area contributed by atoms with Crippen LogP contribution in [0.1, 0.15) is 10.4 Å². The third-order valence-electron chi connectivity index (χ3n) is 4.25. The number of amides is 1. The van der Waals surface area contributed by atoms with E-state index >= 15 is 0 Å². The van der Waals surface area contributed by atoms with Crippen LogP contribution in [0, 0.1) is 10.1 Å². The highest BCUT2D eigenvalue weighted by Gasteiger charge is 2.23. The molecule has 3 rings (SSSR count). The van der Waals surface area contributed by atoms with Crippen LogP contribution in [0.4, 0.5) is 17.1 Å². The van der Waals surface area contributed by atoms with E-state index in [1.165, 1.54) is 19.2 Å². The van der Waals surface area contributed by atoms with E-state index in [0.29, 0.717) is 15.9 Å². The van der Waals surface area contributed by atoms with Gasteiger partial charge >= 0.3 is 0 Å². The van der Waals surface area contributed by atoms with Crippen molar-refractivity contribution < 1.29 is 22.9 Å². The molecule has 0 heterocycles. The van der Waals surface area contributed by atoms with Crippen molar-refractivity contribution >= 4 is 60.5 Å². The van der Waals surface area contributed by atoms with Gasteiger partial charge in [0.15, 0.2) is 0 Å². The molecule has 1 amide bonds. The second kappa shape index (κ2) is 9.55. The van der Waals surface area contributed by atoms with Crippen molar-refractivity contribution in [2.45, 2.75) is 4.90 Å². The molecule has 12 heteroatoms. The number of rotatable bonds is 7. The van der Waals surface area contributed by atoms with Crippen LogP contribution in [0.3, 0.4) is 0 Å². The molecule has 0 aromatic heterocycles. The predicted molar refractivity (Wildman–Crippen MR) is 124 cm³/mol. The van der Waals surface area contributed by atoms with Gasteiger partial charge in [-0.3, -0.25) is 19.6 Å². The van der Waals surface area contributed by atoms with Gasteiger partial charge < -0.3 is 10.1 Å². The highest BCUT2D eigenvalue weighted by atomic mass is 79.9. The minimum absolute atomic E-state index is 0.0114. The molecule has 2 N–H and O–H groups in total. The van der Waals surface area contributed by atoms with Crippen LogP contribution in [0.2, 0.25) is 5.02 Å². The Bertz CT molecular complexity index is 1320. The fraction of sp³-hybridized carbons (Fsp3) is 0.0500. The number of nitrogens with one attached hydrogen (secondary N) is 2. The van der Waals surface area contributed by atoms with E-state index < -0.39 is 26.5 Å². The van der Waals surface area contributed by atoms with Crippen LogP contribution in [-0.4, -0.2) is 26.4 Å². The number of hydrogen-bond acceptors (Lipinski definition) is 6. The zero-order valence-electron chi connectivity index (χ0n) is 16.3. The normalized spacial score (nSPS) is 11.0. The number of benzene rings is 3. The van der Waals surface area contributed by atoms with Gasteiger partial charge in [0.1, 0.15) is 10.8 Å². The number of sulfonamides is 1. The number of para-hydroxylation sites is 2. The summed E-state index contributed by atoms with van der Waals surface area (Å²) in [5, 5.41) is 13.6. The van der Waals surface area contributed by atoms with Crippen LogP contribution in [0.5, 0.6) is 5.75 Å².